The Morgan fingerprint density at radius 2 is 1.43 bits per heavy atom. The average Bonchev–Trinajstić information content (AvgIpc) is 2.38. The van der Waals surface area contributed by atoms with Gasteiger partial charge < -0.3 is 4.90 Å². The summed E-state index contributed by atoms with van der Waals surface area (Å²) >= 11 is 0. The van der Waals surface area contributed by atoms with Gasteiger partial charge in [0, 0.05) is 46.0 Å². The summed E-state index contributed by atoms with van der Waals surface area (Å²) in [4.78, 5) is 2.30. The van der Waals surface area contributed by atoms with E-state index in [0.717, 1.165) is 13.1 Å². The molecule has 2 rings (SSSR count). The van der Waals surface area contributed by atoms with Gasteiger partial charge in [-0.3, -0.25) is 0 Å². The smallest absolute Gasteiger partial charge is 0.281 e. The van der Waals surface area contributed by atoms with Gasteiger partial charge in [0.25, 0.3) is 10.2 Å². The summed E-state index contributed by atoms with van der Waals surface area (Å²) in [5.41, 5.74) is 5.04. The molecule has 0 radical (unpaired) electrons. The van der Waals surface area contributed by atoms with Crippen LogP contribution >= 0.6 is 0 Å². The first-order valence-electron chi connectivity index (χ1n) is 7.24. The highest BCUT2D eigenvalue weighted by Crippen LogP contribution is 2.27. The molecular weight excluding hydrogens is 286 g/mol. The molecule has 0 atom stereocenters. The van der Waals surface area contributed by atoms with E-state index in [1.807, 2.05) is 0 Å². The van der Waals surface area contributed by atoms with Crippen LogP contribution in [0.25, 0.3) is 0 Å². The van der Waals surface area contributed by atoms with E-state index < -0.39 is 10.2 Å². The summed E-state index contributed by atoms with van der Waals surface area (Å²) in [6, 6.07) is 4.37. The summed E-state index contributed by atoms with van der Waals surface area (Å²) in [6.45, 7) is 8.89. The highest BCUT2D eigenvalue weighted by Gasteiger charge is 2.29. The molecule has 1 aromatic rings. The lowest BCUT2D eigenvalue weighted by Crippen LogP contribution is -2.52. The van der Waals surface area contributed by atoms with Crippen LogP contribution in [0.5, 0.6) is 0 Å². The van der Waals surface area contributed by atoms with Crippen molar-refractivity contribution in [1.82, 2.24) is 8.61 Å². The van der Waals surface area contributed by atoms with Gasteiger partial charge in [-0.05, 0) is 31.9 Å². The topological polar surface area (TPSA) is 43.9 Å². The van der Waals surface area contributed by atoms with Crippen molar-refractivity contribution in [3.8, 4) is 0 Å². The molecule has 1 fully saturated rings. The van der Waals surface area contributed by atoms with E-state index in [2.05, 4.69) is 37.8 Å². The fraction of sp³-hybridized carbons (Fsp3) is 0.600. The van der Waals surface area contributed by atoms with Crippen LogP contribution in [0.1, 0.15) is 16.7 Å². The maximum Gasteiger partial charge on any atom is 0.281 e. The summed E-state index contributed by atoms with van der Waals surface area (Å²) in [6.07, 6.45) is 0. The zero-order chi connectivity index (χ0) is 15.8. The van der Waals surface area contributed by atoms with E-state index in [-0.39, 0.29) is 0 Å². The summed E-state index contributed by atoms with van der Waals surface area (Å²) in [5.74, 6) is 0. The molecule has 0 aliphatic carbocycles. The molecular formula is C15H25N3O2S. The SMILES string of the molecule is Cc1cc(C)c(N2CCN(S(=O)(=O)N(C)C)CC2)c(C)c1. The lowest BCUT2D eigenvalue weighted by molar-refractivity contribution is 0.355. The monoisotopic (exact) mass is 311 g/mol. The molecule has 1 aromatic carbocycles. The van der Waals surface area contributed by atoms with Gasteiger partial charge in [-0.2, -0.15) is 17.0 Å². The number of piperazine rings is 1. The van der Waals surface area contributed by atoms with Crippen molar-refractivity contribution in [1.29, 1.82) is 0 Å². The molecule has 0 spiro atoms. The minimum absolute atomic E-state index is 0.535. The molecule has 118 valence electrons. The van der Waals surface area contributed by atoms with Crippen molar-refractivity contribution in [3.05, 3.63) is 28.8 Å². The molecule has 1 saturated heterocycles. The van der Waals surface area contributed by atoms with E-state index in [1.54, 1.807) is 18.4 Å². The molecule has 5 nitrogen and oxygen atoms in total. The molecule has 0 aromatic heterocycles. The Balaban J connectivity index is 2.16. The third-order valence-corrected chi connectivity index (χ3v) is 5.92. The van der Waals surface area contributed by atoms with E-state index in [4.69, 9.17) is 0 Å². The van der Waals surface area contributed by atoms with Crippen molar-refractivity contribution in [3.63, 3.8) is 0 Å². The van der Waals surface area contributed by atoms with Crippen molar-refractivity contribution in [2.24, 2.45) is 0 Å². The first kappa shape index (κ1) is 16.3. The van der Waals surface area contributed by atoms with Crippen LogP contribution in [-0.2, 0) is 10.2 Å². The first-order chi connectivity index (χ1) is 9.73. The second kappa shape index (κ2) is 5.94. The molecule has 1 aliphatic heterocycles. The van der Waals surface area contributed by atoms with Crippen LogP contribution in [0.4, 0.5) is 5.69 Å². The molecule has 0 N–H and O–H groups in total. The maximum atomic E-state index is 12.1. The van der Waals surface area contributed by atoms with Crippen molar-refractivity contribution < 1.29 is 8.42 Å². The van der Waals surface area contributed by atoms with Crippen LogP contribution in [0.2, 0.25) is 0 Å². The highest BCUT2D eigenvalue weighted by atomic mass is 32.2. The van der Waals surface area contributed by atoms with Crippen LogP contribution < -0.4 is 4.90 Å². The van der Waals surface area contributed by atoms with E-state index in [9.17, 15) is 8.42 Å². The van der Waals surface area contributed by atoms with Crippen LogP contribution in [0, 0.1) is 20.8 Å². The number of hydrogen-bond acceptors (Lipinski definition) is 3. The van der Waals surface area contributed by atoms with Crippen molar-refractivity contribution in [2.45, 2.75) is 20.8 Å². The largest absolute Gasteiger partial charge is 0.368 e. The Morgan fingerprint density at radius 1 is 0.952 bits per heavy atom. The Kier molecular flexibility index (Phi) is 4.60. The first-order valence-corrected chi connectivity index (χ1v) is 8.63. The predicted molar refractivity (Wildman–Crippen MR) is 87.0 cm³/mol. The molecule has 6 heteroatoms. The van der Waals surface area contributed by atoms with Crippen LogP contribution in [0.3, 0.4) is 0 Å². The van der Waals surface area contributed by atoms with Crippen molar-refractivity contribution in [2.75, 3.05) is 45.2 Å². The van der Waals surface area contributed by atoms with Gasteiger partial charge in [-0.25, -0.2) is 0 Å². The zero-order valence-electron chi connectivity index (χ0n) is 13.5. The minimum Gasteiger partial charge on any atom is -0.368 e. The molecule has 1 heterocycles. The normalized spacial score (nSPS) is 17.5. The number of aryl methyl sites for hydroxylation is 3. The van der Waals surface area contributed by atoms with E-state index in [0.29, 0.717) is 13.1 Å². The number of nitrogens with zero attached hydrogens (tertiary/aromatic N) is 3. The number of benzene rings is 1. The van der Waals surface area contributed by atoms with Gasteiger partial charge in [0.2, 0.25) is 0 Å². The molecule has 0 saturated carbocycles. The van der Waals surface area contributed by atoms with Gasteiger partial charge in [0.05, 0.1) is 0 Å². The van der Waals surface area contributed by atoms with Gasteiger partial charge in [0.1, 0.15) is 0 Å². The number of anilines is 1. The van der Waals surface area contributed by atoms with Crippen LogP contribution in [0.15, 0.2) is 12.1 Å². The van der Waals surface area contributed by atoms with Crippen molar-refractivity contribution >= 4 is 15.9 Å². The Morgan fingerprint density at radius 3 is 1.86 bits per heavy atom. The average molecular weight is 311 g/mol. The van der Waals surface area contributed by atoms with Gasteiger partial charge in [0.15, 0.2) is 0 Å². The number of hydrogen-bond donors (Lipinski definition) is 0. The van der Waals surface area contributed by atoms with E-state index in [1.165, 1.54) is 26.7 Å². The second-order valence-electron chi connectivity index (χ2n) is 5.92. The highest BCUT2D eigenvalue weighted by molar-refractivity contribution is 7.86. The Labute approximate surface area is 128 Å². The van der Waals surface area contributed by atoms with Gasteiger partial charge in [-0.1, -0.05) is 17.7 Å². The Bertz CT molecular complexity index is 595. The standard InChI is InChI=1S/C15H25N3O2S/c1-12-10-13(2)15(14(3)11-12)17-6-8-18(9-7-17)21(19,20)16(4)5/h10-11H,6-9H2,1-5H3. The maximum absolute atomic E-state index is 12.1. The fourth-order valence-electron chi connectivity index (χ4n) is 3.04. The van der Waals surface area contributed by atoms with Crippen LogP contribution in [-0.4, -0.2) is 57.3 Å². The lowest BCUT2D eigenvalue weighted by atomic mass is 10.0. The summed E-state index contributed by atoms with van der Waals surface area (Å²) < 4.78 is 27.1. The quantitative estimate of drug-likeness (QED) is 0.850. The molecule has 0 amide bonds. The lowest BCUT2D eigenvalue weighted by Gasteiger charge is -2.37. The number of rotatable bonds is 3. The third-order valence-electron chi connectivity index (χ3n) is 3.98. The molecule has 0 bridgehead atoms. The fourth-order valence-corrected chi connectivity index (χ4v) is 4.13. The van der Waals surface area contributed by atoms with Gasteiger partial charge in [-0.15, -0.1) is 0 Å². The second-order valence-corrected chi connectivity index (χ2v) is 8.07. The zero-order valence-corrected chi connectivity index (χ0v) is 14.4. The van der Waals surface area contributed by atoms with Gasteiger partial charge >= 0.3 is 0 Å². The van der Waals surface area contributed by atoms with E-state index >= 15 is 0 Å². The molecule has 1 aliphatic rings. The summed E-state index contributed by atoms with van der Waals surface area (Å²) in [7, 11) is -0.134. The third kappa shape index (κ3) is 3.22. The predicted octanol–water partition coefficient (Wildman–Crippen LogP) is 1.54. The minimum atomic E-state index is -3.29. The molecule has 21 heavy (non-hydrogen) atoms. The summed E-state index contributed by atoms with van der Waals surface area (Å²) in [5, 5.41) is 0. The Hall–Kier alpha value is -1.11. The molecule has 0 unspecified atom stereocenters.